The maximum Gasteiger partial charge on any atom is 0.322 e. The minimum atomic E-state index is -0.209. The third-order valence-corrected chi connectivity index (χ3v) is 4.92. The summed E-state index contributed by atoms with van der Waals surface area (Å²) in [7, 11) is 1.64. The van der Waals surface area contributed by atoms with E-state index in [2.05, 4.69) is 20.4 Å². The fourth-order valence-corrected chi connectivity index (χ4v) is 3.48. The van der Waals surface area contributed by atoms with Crippen molar-refractivity contribution in [3.8, 4) is 0 Å². The van der Waals surface area contributed by atoms with Crippen molar-refractivity contribution in [1.82, 2.24) is 20.0 Å². The van der Waals surface area contributed by atoms with E-state index >= 15 is 0 Å². The number of benzene rings is 1. The number of ether oxygens (including phenoxy) is 1. The molecule has 1 aliphatic rings. The first kappa shape index (κ1) is 18.4. The summed E-state index contributed by atoms with van der Waals surface area (Å²) in [5, 5.41) is 7.99. The Bertz CT molecular complexity index is 958. The lowest BCUT2D eigenvalue weighted by molar-refractivity contribution is 0.142. The molecule has 146 valence electrons. The van der Waals surface area contributed by atoms with Crippen molar-refractivity contribution in [1.29, 1.82) is 0 Å². The number of hydrogen-bond acceptors (Lipinski definition) is 6. The minimum Gasteiger partial charge on any atom is -0.384 e. The lowest BCUT2D eigenvalue weighted by atomic mass is 10.0. The zero-order valence-electron chi connectivity index (χ0n) is 15.8. The predicted molar refractivity (Wildman–Crippen MR) is 104 cm³/mol. The van der Waals surface area contributed by atoms with Gasteiger partial charge in [0.2, 0.25) is 5.89 Å². The van der Waals surface area contributed by atoms with Crippen LogP contribution in [0.1, 0.15) is 37.0 Å². The maximum absolute atomic E-state index is 13.0. The molecule has 4 rings (SSSR count). The van der Waals surface area contributed by atoms with Gasteiger partial charge in [0.05, 0.1) is 12.1 Å². The SMILES string of the molecule is COCCc1noc([C@H]2CCCCN2C(=O)Nc2ccc3ncccc3c2)n1. The monoisotopic (exact) mass is 381 g/mol. The molecule has 0 spiro atoms. The zero-order valence-corrected chi connectivity index (χ0v) is 15.8. The summed E-state index contributed by atoms with van der Waals surface area (Å²) >= 11 is 0. The van der Waals surface area contributed by atoms with E-state index in [4.69, 9.17) is 9.26 Å². The Morgan fingerprint density at radius 3 is 3.18 bits per heavy atom. The smallest absolute Gasteiger partial charge is 0.322 e. The number of carbonyl (C=O) groups excluding carboxylic acids is 1. The molecule has 0 bridgehead atoms. The highest BCUT2D eigenvalue weighted by Crippen LogP contribution is 2.30. The largest absolute Gasteiger partial charge is 0.384 e. The highest BCUT2D eigenvalue weighted by molar-refractivity contribution is 5.92. The van der Waals surface area contributed by atoms with Crippen molar-refractivity contribution in [2.45, 2.75) is 31.7 Å². The van der Waals surface area contributed by atoms with E-state index in [1.54, 1.807) is 18.2 Å². The highest BCUT2D eigenvalue weighted by atomic mass is 16.5. The zero-order chi connectivity index (χ0) is 19.3. The average molecular weight is 381 g/mol. The Morgan fingerprint density at radius 2 is 2.29 bits per heavy atom. The van der Waals surface area contributed by atoms with Crippen LogP contribution >= 0.6 is 0 Å². The number of methoxy groups -OCH3 is 1. The topological polar surface area (TPSA) is 93.4 Å². The lowest BCUT2D eigenvalue weighted by Crippen LogP contribution is -2.41. The minimum absolute atomic E-state index is 0.162. The van der Waals surface area contributed by atoms with Gasteiger partial charge in [-0.2, -0.15) is 4.98 Å². The Morgan fingerprint density at radius 1 is 1.36 bits per heavy atom. The van der Waals surface area contributed by atoms with E-state index in [1.807, 2.05) is 30.3 Å². The molecule has 1 aliphatic heterocycles. The molecule has 2 amide bonds. The molecule has 1 saturated heterocycles. The van der Waals surface area contributed by atoms with Crippen LogP contribution in [0.5, 0.6) is 0 Å². The molecule has 0 saturated carbocycles. The number of urea groups is 1. The second-order valence-electron chi connectivity index (χ2n) is 6.84. The molecule has 0 aliphatic carbocycles. The molecule has 1 fully saturated rings. The molecule has 0 radical (unpaired) electrons. The molecular weight excluding hydrogens is 358 g/mol. The summed E-state index contributed by atoms with van der Waals surface area (Å²) in [5.74, 6) is 1.09. The van der Waals surface area contributed by atoms with Crippen LogP contribution in [0.2, 0.25) is 0 Å². The standard InChI is InChI=1S/C20H23N5O3/c1-27-12-9-18-23-19(28-24-18)17-6-2-3-11-25(17)20(26)22-15-7-8-16-14(13-15)5-4-10-21-16/h4-5,7-8,10,13,17H,2-3,6,9,11-12H2,1H3,(H,22,26)/t17-/m1/s1. The summed E-state index contributed by atoms with van der Waals surface area (Å²) in [6.07, 6.45) is 5.12. The van der Waals surface area contributed by atoms with Crippen LogP contribution < -0.4 is 5.32 Å². The van der Waals surface area contributed by atoms with Crippen molar-refractivity contribution in [3.63, 3.8) is 0 Å². The number of piperidine rings is 1. The summed E-state index contributed by atoms with van der Waals surface area (Å²) in [6, 6.07) is 9.17. The number of anilines is 1. The number of carbonyl (C=O) groups is 1. The first-order chi connectivity index (χ1) is 13.7. The number of amides is 2. The Balaban J connectivity index is 1.49. The molecule has 3 aromatic rings. The normalized spacial score (nSPS) is 17.0. The van der Waals surface area contributed by atoms with Crippen LogP contribution in [0.4, 0.5) is 10.5 Å². The maximum atomic E-state index is 13.0. The second kappa shape index (κ2) is 8.35. The molecule has 8 nitrogen and oxygen atoms in total. The van der Waals surface area contributed by atoms with Crippen LogP contribution in [-0.2, 0) is 11.2 Å². The van der Waals surface area contributed by atoms with Crippen LogP contribution in [-0.4, -0.2) is 46.3 Å². The number of fused-ring (bicyclic) bond motifs is 1. The van der Waals surface area contributed by atoms with Gasteiger partial charge < -0.3 is 19.5 Å². The molecular formula is C20H23N5O3. The fraction of sp³-hybridized carbons (Fsp3) is 0.400. The number of aromatic nitrogens is 3. The van der Waals surface area contributed by atoms with Crippen LogP contribution in [0.15, 0.2) is 41.1 Å². The Labute approximate surface area is 162 Å². The summed E-state index contributed by atoms with van der Waals surface area (Å²) < 4.78 is 10.5. The Kier molecular flexibility index (Phi) is 5.48. The van der Waals surface area contributed by atoms with Crippen molar-refractivity contribution in [2.24, 2.45) is 0 Å². The van der Waals surface area contributed by atoms with Crippen LogP contribution in [0.3, 0.4) is 0 Å². The van der Waals surface area contributed by atoms with E-state index in [-0.39, 0.29) is 12.1 Å². The average Bonchev–Trinajstić information content (AvgIpc) is 3.21. The number of nitrogens with one attached hydrogen (secondary N) is 1. The number of rotatable bonds is 5. The fourth-order valence-electron chi connectivity index (χ4n) is 3.48. The highest BCUT2D eigenvalue weighted by Gasteiger charge is 2.32. The van der Waals surface area contributed by atoms with Crippen molar-refractivity contribution in [3.05, 3.63) is 48.2 Å². The van der Waals surface area contributed by atoms with E-state index in [1.165, 1.54) is 0 Å². The first-order valence-electron chi connectivity index (χ1n) is 9.48. The van der Waals surface area contributed by atoms with Gasteiger partial charge in [0, 0.05) is 37.3 Å². The number of likely N-dealkylation sites (tertiary alicyclic amines) is 1. The van der Waals surface area contributed by atoms with E-state index in [9.17, 15) is 4.79 Å². The van der Waals surface area contributed by atoms with Gasteiger partial charge in [-0.15, -0.1) is 0 Å². The first-order valence-corrected chi connectivity index (χ1v) is 9.48. The summed E-state index contributed by atoms with van der Waals surface area (Å²) in [4.78, 5) is 23.5. The van der Waals surface area contributed by atoms with Crippen molar-refractivity contribution in [2.75, 3.05) is 25.6 Å². The summed E-state index contributed by atoms with van der Waals surface area (Å²) in [5.41, 5.74) is 1.63. The molecule has 1 aromatic carbocycles. The van der Waals surface area contributed by atoms with Gasteiger partial charge in [-0.05, 0) is 43.5 Å². The van der Waals surface area contributed by atoms with Crippen molar-refractivity contribution >= 4 is 22.6 Å². The van der Waals surface area contributed by atoms with E-state index in [0.29, 0.717) is 31.3 Å². The molecule has 1 N–H and O–H groups in total. The second-order valence-corrected chi connectivity index (χ2v) is 6.84. The molecule has 28 heavy (non-hydrogen) atoms. The van der Waals surface area contributed by atoms with Gasteiger partial charge >= 0.3 is 6.03 Å². The lowest BCUT2D eigenvalue weighted by Gasteiger charge is -2.33. The van der Waals surface area contributed by atoms with Crippen LogP contribution in [0.25, 0.3) is 10.9 Å². The van der Waals surface area contributed by atoms with Gasteiger partial charge in [-0.3, -0.25) is 4.98 Å². The van der Waals surface area contributed by atoms with Gasteiger partial charge in [0.1, 0.15) is 6.04 Å². The third-order valence-electron chi connectivity index (χ3n) is 4.92. The molecule has 3 heterocycles. The summed E-state index contributed by atoms with van der Waals surface area (Å²) in [6.45, 7) is 1.19. The number of pyridine rings is 1. The number of hydrogen-bond donors (Lipinski definition) is 1. The quantitative estimate of drug-likeness (QED) is 0.726. The van der Waals surface area contributed by atoms with Gasteiger partial charge in [0.15, 0.2) is 5.82 Å². The van der Waals surface area contributed by atoms with E-state index in [0.717, 1.165) is 35.9 Å². The number of nitrogens with zero attached hydrogens (tertiary/aromatic N) is 4. The van der Waals surface area contributed by atoms with Crippen LogP contribution in [0, 0.1) is 0 Å². The molecule has 0 unspecified atom stereocenters. The van der Waals surface area contributed by atoms with Gasteiger partial charge in [-0.1, -0.05) is 11.2 Å². The predicted octanol–water partition coefficient (Wildman–Crippen LogP) is 3.57. The van der Waals surface area contributed by atoms with E-state index < -0.39 is 0 Å². The van der Waals surface area contributed by atoms with Gasteiger partial charge in [-0.25, -0.2) is 4.79 Å². The van der Waals surface area contributed by atoms with Crippen molar-refractivity contribution < 1.29 is 14.1 Å². The molecule has 8 heteroatoms. The Hall–Kier alpha value is -3.00. The van der Waals surface area contributed by atoms with Gasteiger partial charge in [0.25, 0.3) is 0 Å². The molecule has 2 aromatic heterocycles. The third kappa shape index (κ3) is 3.96. The molecule has 1 atom stereocenters.